The topological polar surface area (TPSA) is 49.8 Å². The Balaban J connectivity index is 2.23. The van der Waals surface area contributed by atoms with E-state index in [1.54, 1.807) is 12.0 Å². The zero-order valence-corrected chi connectivity index (χ0v) is 10.1. The van der Waals surface area contributed by atoms with E-state index in [0.29, 0.717) is 13.0 Å². The first-order valence-electron chi connectivity index (χ1n) is 5.71. The van der Waals surface area contributed by atoms with Gasteiger partial charge in [-0.15, -0.1) is 0 Å². The average Bonchev–Trinajstić information content (AvgIpc) is 2.70. The van der Waals surface area contributed by atoms with Crippen LogP contribution in [0.25, 0.3) is 0 Å². The quantitative estimate of drug-likeness (QED) is 0.860. The van der Waals surface area contributed by atoms with Crippen molar-refractivity contribution in [1.29, 1.82) is 0 Å². The molecule has 4 nitrogen and oxygen atoms in total. The molecule has 4 heteroatoms. The third-order valence-corrected chi connectivity index (χ3v) is 3.15. The summed E-state index contributed by atoms with van der Waals surface area (Å²) in [5.74, 6) is 0.956. The summed E-state index contributed by atoms with van der Waals surface area (Å²) in [4.78, 5) is 13.5. The SMILES string of the molecule is COc1ccc(N2CC(CO)CC2=O)cc1C. The van der Waals surface area contributed by atoms with E-state index in [1.807, 2.05) is 25.1 Å². The molecule has 2 rings (SSSR count). The second-order valence-electron chi connectivity index (χ2n) is 4.41. The Morgan fingerprint density at radius 1 is 1.53 bits per heavy atom. The molecule has 1 unspecified atom stereocenters. The van der Waals surface area contributed by atoms with Gasteiger partial charge in [-0.25, -0.2) is 0 Å². The second-order valence-corrected chi connectivity index (χ2v) is 4.41. The number of hydrogen-bond acceptors (Lipinski definition) is 3. The van der Waals surface area contributed by atoms with Gasteiger partial charge in [-0.2, -0.15) is 0 Å². The Labute approximate surface area is 101 Å². The number of aryl methyl sites for hydroxylation is 1. The molecule has 0 radical (unpaired) electrons. The van der Waals surface area contributed by atoms with Crippen LogP contribution in [0.3, 0.4) is 0 Å². The van der Waals surface area contributed by atoms with Crippen molar-refractivity contribution >= 4 is 11.6 Å². The van der Waals surface area contributed by atoms with Gasteiger partial charge < -0.3 is 14.7 Å². The van der Waals surface area contributed by atoms with Crippen molar-refractivity contribution in [2.24, 2.45) is 5.92 Å². The summed E-state index contributed by atoms with van der Waals surface area (Å²) >= 11 is 0. The Kier molecular flexibility index (Phi) is 3.33. The number of anilines is 1. The zero-order chi connectivity index (χ0) is 12.4. The first-order chi connectivity index (χ1) is 8.15. The van der Waals surface area contributed by atoms with Crippen molar-refractivity contribution in [3.8, 4) is 5.75 Å². The second kappa shape index (κ2) is 4.75. The molecule has 1 atom stereocenters. The first-order valence-corrected chi connectivity index (χ1v) is 5.71. The molecule has 1 fully saturated rings. The number of rotatable bonds is 3. The predicted octanol–water partition coefficient (Wildman–Crippen LogP) is 1.35. The van der Waals surface area contributed by atoms with Gasteiger partial charge in [-0.3, -0.25) is 4.79 Å². The molecule has 1 N–H and O–H groups in total. The highest BCUT2D eigenvalue weighted by Crippen LogP contribution is 2.28. The molecule has 0 bridgehead atoms. The largest absolute Gasteiger partial charge is 0.496 e. The molecule has 0 spiro atoms. The summed E-state index contributed by atoms with van der Waals surface area (Å²) in [7, 11) is 1.63. The highest BCUT2D eigenvalue weighted by molar-refractivity contribution is 5.95. The number of amides is 1. The van der Waals surface area contributed by atoms with Gasteiger partial charge in [-0.05, 0) is 30.7 Å². The minimum Gasteiger partial charge on any atom is -0.496 e. The number of aliphatic hydroxyl groups excluding tert-OH is 1. The minimum absolute atomic E-state index is 0.0601. The molecule has 1 saturated heterocycles. The van der Waals surface area contributed by atoms with E-state index < -0.39 is 0 Å². The van der Waals surface area contributed by atoms with Crippen molar-refractivity contribution in [2.45, 2.75) is 13.3 Å². The summed E-state index contributed by atoms with van der Waals surface area (Å²) in [6, 6.07) is 5.68. The van der Waals surface area contributed by atoms with Crippen molar-refractivity contribution in [3.63, 3.8) is 0 Å². The molecule has 0 saturated carbocycles. The molecule has 1 aromatic carbocycles. The number of hydrogen-bond donors (Lipinski definition) is 1. The van der Waals surface area contributed by atoms with Gasteiger partial charge >= 0.3 is 0 Å². The standard InChI is InChI=1S/C13H17NO3/c1-9-5-11(3-4-12(9)17-2)14-7-10(8-15)6-13(14)16/h3-5,10,15H,6-8H2,1-2H3. The Bertz CT molecular complexity index is 431. The Morgan fingerprint density at radius 3 is 2.82 bits per heavy atom. The molecular formula is C13H17NO3. The summed E-state index contributed by atoms with van der Waals surface area (Å²) in [6.45, 7) is 2.62. The van der Waals surface area contributed by atoms with E-state index in [2.05, 4.69) is 0 Å². The zero-order valence-electron chi connectivity index (χ0n) is 10.1. The van der Waals surface area contributed by atoms with Gasteiger partial charge in [0.2, 0.25) is 5.91 Å². The lowest BCUT2D eigenvalue weighted by Crippen LogP contribution is -2.24. The van der Waals surface area contributed by atoms with Crippen LogP contribution < -0.4 is 9.64 Å². The summed E-state index contributed by atoms with van der Waals surface area (Å²) in [5.41, 5.74) is 1.88. The van der Waals surface area contributed by atoms with E-state index in [4.69, 9.17) is 9.84 Å². The molecule has 1 aromatic rings. The van der Waals surface area contributed by atoms with Gasteiger partial charge in [0.1, 0.15) is 5.75 Å². The molecule has 17 heavy (non-hydrogen) atoms. The van der Waals surface area contributed by atoms with Crippen LogP contribution in [0.4, 0.5) is 5.69 Å². The molecular weight excluding hydrogens is 218 g/mol. The molecule has 0 aliphatic carbocycles. The number of benzene rings is 1. The number of carbonyl (C=O) groups excluding carboxylic acids is 1. The summed E-state index contributed by atoms with van der Waals surface area (Å²) in [5, 5.41) is 9.09. The lowest BCUT2D eigenvalue weighted by molar-refractivity contribution is -0.117. The van der Waals surface area contributed by atoms with Gasteiger partial charge in [0.15, 0.2) is 0 Å². The molecule has 1 amide bonds. The van der Waals surface area contributed by atoms with Crippen LogP contribution in [0.15, 0.2) is 18.2 Å². The fourth-order valence-corrected chi connectivity index (χ4v) is 2.18. The van der Waals surface area contributed by atoms with Crippen LogP contribution in [-0.2, 0) is 4.79 Å². The van der Waals surface area contributed by atoms with Crippen LogP contribution in [0.2, 0.25) is 0 Å². The lowest BCUT2D eigenvalue weighted by atomic mass is 10.1. The number of methoxy groups -OCH3 is 1. The molecule has 0 aromatic heterocycles. The molecule has 1 aliphatic rings. The summed E-state index contributed by atoms with van der Waals surface area (Å²) in [6.07, 6.45) is 0.432. The van der Waals surface area contributed by atoms with Gasteiger partial charge in [0, 0.05) is 31.2 Å². The maximum atomic E-state index is 11.8. The fraction of sp³-hybridized carbons (Fsp3) is 0.462. The molecule has 1 aliphatic heterocycles. The highest BCUT2D eigenvalue weighted by atomic mass is 16.5. The van der Waals surface area contributed by atoms with Crippen molar-refractivity contribution in [2.75, 3.05) is 25.2 Å². The van der Waals surface area contributed by atoms with Crippen LogP contribution in [0.5, 0.6) is 5.75 Å². The lowest BCUT2D eigenvalue weighted by Gasteiger charge is -2.18. The van der Waals surface area contributed by atoms with E-state index >= 15 is 0 Å². The Morgan fingerprint density at radius 2 is 2.29 bits per heavy atom. The van der Waals surface area contributed by atoms with Crippen molar-refractivity contribution < 1.29 is 14.6 Å². The number of nitrogens with zero attached hydrogens (tertiary/aromatic N) is 1. The Hall–Kier alpha value is -1.55. The monoisotopic (exact) mass is 235 g/mol. The van der Waals surface area contributed by atoms with E-state index in [-0.39, 0.29) is 18.4 Å². The van der Waals surface area contributed by atoms with Crippen molar-refractivity contribution in [3.05, 3.63) is 23.8 Å². The number of carbonyl (C=O) groups is 1. The third kappa shape index (κ3) is 2.26. The number of ether oxygens (including phenoxy) is 1. The van der Waals surface area contributed by atoms with E-state index in [0.717, 1.165) is 17.0 Å². The third-order valence-electron chi connectivity index (χ3n) is 3.15. The molecule has 92 valence electrons. The van der Waals surface area contributed by atoms with E-state index in [9.17, 15) is 4.79 Å². The minimum atomic E-state index is 0.0601. The van der Waals surface area contributed by atoms with Gasteiger partial charge in [-0.1, -0.05) is 0 Å². The first kappa shape index (κ1) is 11.9. The molecule has 1 heterocycles. The summed E-state index contributed by atoms with van der Waals surface area (Å²) < 4.78 is 5.19. The van der Waals surface area contributed by atoms with Gasteiger partial charge in [0.25, 0.3) is 0 Å². The predicted molar refractivity (Wildman–Crippen MR) is 65.3 cm³/mol. The average molecular weight is 235 g/mol. The fourth-order valence-electron chi connectivity index (χ4n) is 2.18. The maximum absolute atomic E-state index is 11.8. The van der Waals surface area contributed by atoms with Crippen LogP contribution >= 0.6 is 0 Å². The van der Waals surface area contributed by atoms with Crippen molar-refractivity contribution in [1.82, 2.24) is 0 Å². The number of aliphatic hydroxyl groups is 1. The van der Waals surface area contributed by atoms with Crippen LogP contribution in [-0.4, -0.2) is 31.3 Å². The van der Waals surface area contributed by atoms with Crippen LogP contribution in [0.1, 0.15) is 12.0 Å². The smallest absolute Gasteiger partial charge is 0.227 e. The normalized spacial score (nSPS) is 19.8. The van der Waals surface area contributed by atoms with E-state index in [1.165, 1.54) is 0 Å². The van der Waals surface area contributed by atoms with Crippen LogP contribution in [0, 0.1) is 12.8 Å². The highest BCUT2D eigenvalue weighted by Gasteiger charge is 2.30. The maximum Gasteiger partial charge on any atom is 0.227 e. The van der Waals surface area contributed by atoms with Gasteiger partial charge in [0.05, 0.1) is 7.11 Å².